The van der Waals surface area contributed by atoms with Crippen molar-refractivity contribution in [2.45, 2.75) is 38.8 Å². The SMILES string of the molecule is C[C@H](C=O)[C@H]1OC(C)(C)O[C@@H]1c1ccccc1. The predicted octanol–water partition coefficient (Wildman–Crippen LogP) is 2.71. The molecule has 1 aromatic carbocycles. The van der Waals surface area contributed by atoms with E-state index < -0.39 is 5.79 Å². The Hall–Kier alpha value is -1.19. The van der Waals surface area contributed by atoms with Gasteiger partial charge >= 0.3 is 0 Å². The molecule has 2 rings (SSSR count). The van der Waals surface area contributed by atoms with Crippen LogP contribution in [-0.2, 0) is 14.3 Å². The molecular weight excluding hydrogens is 216 g/mol. The average molecular weight is 234 g/mol. The zero-order valence-electron chi connectivity index (χ0n) is 10.4. The molecule has 1 saturated heterocycles. The number of carbonyl (C=O) groups excluding carboxylic acids is 1. The third kappa shape index (κ3) is 2.56. The summed E-state index contributed by atoms with van der Waals surface area (Å²) in [6.45, 7) is 5.61. The average Bonchev–Trinajstić information content (AvgIpc) is 2.65. The van der Waals surface area contributed by atoms with E-state index in [0.717, 1.165) is 11.8 Å². The first-order chi connectivity index (χ1) is 8.03. The van der Waals surface area contributed by atoms with Gasteiger partial charge < -0.3 is 14.3 Å². The fourth-order valence-corrected chi connectivity index (χ4v) is 2.15. The van der Waals surface area contributed by atoms with Crippen molar-refractivity contribution < 1.29 is 14.3 Å². The lowest BCUT2D eigenvalue weighted by atomic mass is 9.96. The first-order valence-electron chi connectivity index (χ1n) is 5.89. The minimum absolute atomic E-state index is 0.175. The van der Waals surface area contributed by atoms with E-state index in [-0.39, 0.29) is 18.1 Å². The number of rotatable bonds is 3. The van der Waals surface area contributed by atoms with Gasteiger partial charge in [0.1, 0.15) is 18.5 Å². The third-order valence-electron chi connectivity index (χ3n) is 2.99. The van der Waals surface area contributed by atoms with Crippen LogP contribution in [0.4, 0.5) is 0 Å². The quantitative estimate of drug-likeness (QED) is 0.754. The van der Waals surface area contributed by atoms with Gasteiger partial charge in [0.15, 0.2) is 5.79 Å². The largest absolute Gasteiger partial charge is 0.343 e. The highest BCUT2D eigenvalue weighted by molar-refractivity contribution is 5.54. The topological polar surface area (TPSA) is 35.5 Å². The summed E-state index contributed by atoms with van der Waals surface area (Å²) in [5.74, 6) is -0.815. The maximum absolute atomic E-state index is 10.9. The molecule has 1 aromatic rings. The van der Waals surface area contributed by atoms with Crippen LogP contribution < -0.4 is 0 Å². The molecule has 0 unspecified atom stereocenters. The fourth-order valence-electron chi connectivity index (χ4n) is 2.15. The molecule has 0 aromatic heterocycles. The highest BCUT2D eigenvalue weighted by Crippen LogP contribution is 2.40. The number of benzene rings is 1. The van der Waals surface area contributed by atoms with Crippen molar-refractivity contribution in [3.05, 3.63) is 35.9 Å². The minimum atomic E-state index is -0.636. The number of aldehydes is 1. The van der Waals surface area contributed by atoms with E-state index in [1.165, 1.54) is 0 Å². The van der Waals surface area contributed by atoms with Gasteiger partial charge in [0.05, 0.1) is 0 Å². The van der Waals surface area contributed by atoms with E-state index in [9.17, 15) is 4.79 Å². The first-order valence-corrected chi connectivity index (χ1v) is 5.89. The van der Waals surface area contributed by atoms with Gasteiger partial charge in [0.25, 0.3) is 0 Å². The number of hydrogen-bond acceptors (Lipinski definition) is 3. The lowest BCUT2D eigenvalue weighted by Gasteiger charge is -2.19. The van der Waals surface area contributed by atoms with Crippen LogP contribution in [0.5, 0.6) is 0 Å². The summed E-state index contributed by atoms with van der Waals surface area (Å²) < 4.78 is 11.7. The Labute approximate surface area is 102 Å². The molecular formula is C14H18O3. The minimum Gasteiger partial charge on any atom is -0.343 e. The van der Waals surface area contributed by atoms with Gasteiger partial charge in [-0.25, -0.2) is 0 Å². The highest BCUT2D eigenvalue weighted by Gasteiger charge is 2.44. The molecule has 92 valence electrons. The fraction of sp³-hybridized carbons (Fsp3) is 0.500. The van der Waals surface area contributed by atoms with Crippen LogP contribution in [0.1, 0.15) is 32.4 Å². The van der Waals surface area contributed by atoms with Crippen molar-refractivity contribution in [3.63, 3.8) is 0 Å². The molecule has 0 saturated carbocycles. The van der Waals surface area contributed by atoms with E-state index in [2.05, 4.69) is 0 Å². The van der Waals surface area contributed by atoms with Gasteiger partial charge in [-0.15, -0.1) is 0 Å². The molecule has 1 aliphatic heterocycles. The molecule has 3 heteroatoms. The summed E-state index contributed by atoms with van der Waals surface area (Å²) in [7, 11) is 0. The van der Waals surface area contributed by atoms with E-state index in [4.69, 9.17) is 9.47 Å². The summed E-state index contributed by atoms with van der Waals surface area (Å²) in [4.78, 5) is 10.9. The molecule has 3 atom stereocenters. The van der Waals surface area contributed by atoms with E-state index in [1.54, 1.807) is 0 Å². The molecule has 1 heterocycles. The lowest BCUT2D eigenvalue weighted by molar-refractivity contribution is -0.151. The van der Waals surface area contributed by atoms with Crippen molar-refractivity contribution in [1.82, 2.24) is 0 Å². The first kappa shape index (κ1) is 12.3. The Morgan fingerprint density at radius 2 is 1.88 bits per heavy atom. The summed E-state index contributed by atoms with van der Waals surface area (Å²) in [6, 6.07) is 9.89. The Kier molecular flexibility index (Phi) is 3.31. The van der Waals surface area contributed by atoms with Gasteiger partial charge in [0.2, 0.25) is 0 Å². The summed E-state index contributed by atoms with van der Waals surface area (Å²) in [6.07, 6.45) is 0.530. The van der Waals surface area contributed by atoms with Crippen LogP contribution in [0.25, 0.3) is 0 Å². The van der Waals surface area contributed by atoms with Crippen LogP contribution in [-0.4, -0.2) is 18.2 Å². The molecule has 0 amide bonds. The second-order valence-corrected chi connectivity index (χ2v) is 4.93. The predicted molar refractivity (Wildman–Crippen MR) is 64.4 cm³/mol. The van der Waals surface area contributed by atoms with Gasteiger partial charge in [-0.3, -0.25) is 0 Å². The van der Waals surface area contributed by atoms with Crippen LogP contribution >= 0.6 is 0 Å². The van der Waals surface area contributed by atoms with Crippen molar-refractivity contribution in [2.24, 2.45) is 5.92 Å². The number of ether oxygens (including phenoxy) is 2. The normalized spacial score (nSPS) is 28.9. The van der Waals surface area contributed by atoms with Crippen LogP contribution in [0.3, 0.4) is 0 Å². The van der Waals surface area contributed by atoms with E-state index in [0.29, 0.717) is 0 Å². The lowest BCUT2D eigenvalue weighted by Crippen LogP contribution is -2.26. The van der Waals surface area contributed by atoms with Crippen LogP contribution in [0, 0.1) is 5.92 Å². The number of carbonyl (C=O) groups is 1. The molecule has 0 aliphatic carbocycles. The van der Waals surface area contributed by atoms with Crippen molar-refractivity contribution in [1.29, 1.82) is 0 Å². The summed E-state index contributed by atoms with van der Waals surface area (Å²) in [5, 5.41) is 0. The Morgan fingerprint density at radius 1 is 1.24 bits per heavy atom. The molecule has 0 spiro atoms. The second kappa shape index (κ2) is 4.59. The highest BCUT2D eigenvalue weighted by atomic mass is 16.8. The molecule has 0 radical (unpaired) electrons. The second-order valence-electron chi connectivity index (χ2n) is 4.93. The standard InChI is InChI=1S/C14H18O3/c1-10(9-15)12-13(17-14(2,3)16-12)11-7-5-4-6-8-11/h4-10,12-13H,1-3H3/t10-,12-,13-/m1/s1. The summed E-state index contributed by atoms with van der Waals surface area (Å²) in [5.41, 5.74) is 1.05. The van der Waals surface area contributed by atoms with Crippen molar-refractivity contribution >= 4 is 6.29 Å². The molecule has 1 fully saturated rings. The third-order valence-corrected chi connectivity index (χ3v) is 2.99. The van der Waals surface area contributed by atoms with Crippen LogP contribution in [0.2, 0.25) is 0 Å². The van der Waals surface area contributed by atoms with Gasteiger partial charge in [-0.2, -0.15) is 0 Å². The molecule has 0 bridgehead atoms. The van der Waals surface area contributed by atoms with E-state index >= 15 is 0 Å². The zero-order valence-corrected chi connectivity index (χ0v) is 10.4. The van der Waals surface area contributed by atoms with Crippen LogP contribution in [0.15, 0.2) is 30.3 Å². The summed E-state index contributed by atoms with van der Waals surface area (Å²) >= 11 is 0. The van der Waals surface area contributed by atoms with Gasteiger partial charge in [-0.1, -0.05) is 37.3 Å². The smallest absolute Gasteiger partial charge is 0.164 e. The maximum atomic E-state index is 10.9. The van der Waals surface area contributed by atoms with Crippen molar-refractivity contribution in [3.8, 4) is 0 Å². The maximum Gasteiger partial charge on any atom is 0.164 e. The van der Waals surface area contributed by atoms with Gasteiger partial charge in [0, 0.05) is 5.92 Å². The molecule has 17 heavy (non-hydrogen) atoms. The molecule has 3 nitrogen and oxygen atoms in total. The monoisotopic (exact) mass is 234 g/mol. The van der Waals surface area contributed by atoms with Gasteiger partial charge in [-0.05, 0) is 19.4 Å². The Bertz CT molecular complexity index is 386. The zero-order chi connectivity index (χ0) is 12.5. The molecule has 1 aliphatic rings. The Balaban J connectivity index is 2.28. The molecule has 0 N–H and O–H groups in total. The van der Waals surface area contributed by atoms with E-state index in [1.807, 2.05) is 51.1 Å². The van der Waals surface area contributed by atoms with Crippen molar-refractivity contribution in [2.75, 3.05) is 0 Å². The number of hydrogen-bond donors (Lipinski definition) is 0. The Morgan fingerprint density at radius 3 is 2.47 bits per heavy atom.